The molecule has 0 bridgehead atoms. The van der Waals surface area contributed by atoms with Crippen LogP contribution in [0.15, 0.2) is 24.3 Å². The molecule has 4 nitrogen and oxygen atoms in total. The largest absolute Gasteiger partial charge is 0.490 e. The van der Waals surface area contributed by atoms with Crippen LogP contribution >= 0.6 is 0 Å². The van der Waals surface area contributed by atoms with Gasteiger partial charge in [-0.25, -0.2) is 0 Å². The topological polar surface area (TPSA) is 68.3 Å². The number of hydrogen-bond acceptors (Lipinski definition) is 3. The van der Waals surface area contributed by atoms with Crippen molar-refractivity contribution in [3.05, 3.63) is 24.3 Å². The van der Waals surface area contributed by atoms with Crippen molar-refractivity contribution in [1.82, 2.24) is 0 Å². The third-order valence-electron chi connectivity index (χ3n) is 3.24. The normalized spacial score (nSPS) is 11.2. The smallest absolute Gasteiger partial charge is 0.161 e. The van der Waals surface area contributed by atoms with Crippen molar-refractivity contribution in [3.63, 3.8) is 0 Å². The second-order valence-corrected chi connectivity index (χ2v) is 5.54. The number of hydrogen-bond donors (Lipinski definition) is 2. The molecule has 0 atom stereocenters. The van der Waals surface area contributed by atoms with Gasteiger partial charge in [0.2, 0.25) is 0 Å². The Morgan fingerprint density at radius 3 is 2.20 bits per heavy atom. The fourth-order valence-electron chi connectivity index (χ4n) is 1.73. The minimum absolute atomic E-state index is 0.226. The molecule has 1 rings (SSSR count). The number of benzene rings is 1. The number of para-hydroxylation sites is 2. The highest BCUT2D eigenvalue weighted by molar-refractivity contribution is 5.82. The zero-order chi connectivity index (χ0) is 15.0. The monoisotopic (exact) mass is 278 g/mol. The van der Waals surface area contributed by atoms with E-state index >= 15 is 0 Å². The van der Waals surface area contributed by atoms with E-state index in [1.807, 2.05) is 38.1 Å². The van der Waals surface area contributed by atoms with Gasteiger partial charge in [-0.2, -0.15) is 0 Å². The SMILES string of the molecule is CCCOc1ccccc1OCCCC(C)(C)C(=N)N. The molecule has 0 heterocycles. The molecule has 0 spiro atoms. The van der Waals surface area contributed by atoms with Crippen LogP contribution in [0.4, 0.5) is 0 Å². The maximum atomic E-state index is 7.52. The van der Waals surface area contributed by atoms with E-state index in [1.165, 1.54) is 0 Å². The second-order valence-electron chi connectivity index (χ2n) is 5.54. The van der Waals surface area contributed by atoms with Gasteiger partial charge in [0.1, 0.15) is 0 Å². The molecule has 0 aromatic heterocycles. The number of ether oxygens (including phenoxy) is 2. The summed E-state index contributed by atoms with van der Waals surface area (Å²) in [7, 11) is 0. The van der Waals surface area contributed by atoms with E-state index in [0.717, 1.165) is 30.8 Å². The number of amidine groups is 1. The van der Waals surface area contributed by atoms with E-state index < -0.39 is 0 Å². The van der Waals surface area contributed by atoms with Crippen molar-refractivity contribution in [2.45, 2.75) is 40.0 Å². The van der Waals surface area contributed by atoms with E-state index in [-0.39, 0.29) is 11.3 Å². The number of nitrogens with two attached hydrogens (primary N) is 1. The van der Waals surface area contributed by atoms with Crippen molar-refractivity contribution in [3.8, 4) is 11.5 Å². The van der Waals surface area contributed by atoms with Gasteiger partial charge in [0.25, 0.3) is 0 Å². The Hall–Kier alpha value is -1.71. The Morgan fingerprint density at radius 2 is 1.70 bits per heavy atom. The molecule has 0 aliphatic rings. The Bertz CT molecular complexity index is 430. The van der Waals surface area contributed by atoms with Crippen LogP contribution in [-0.4, -0.2) is 19.0 Å². The summed E-state index contributed by atoms with van der Waals surface area (Å²) in [4.78, 5) is 0. The Morgan fingerprint density at radius 1 is 1.15 bits per heavy atom. The lowest BCUT2D eigenvalue weighted by Crippen LogP contribution is -2.31. The van der Waals surface area contributed by atoms with Crippen molar-refractivity contribution in [2.24, 2.45) is 11.1 Å². The maximum absolute atomic E-state index is 7.52. The Labute approximate surface area is 121 Å². The standard InChI is InChI=1S/C16H26N2O2/c1-4-11-19-13-8-5-6-9-14(13)20-12-7-10-16(2,3)15(17)18/h5-6,8-9H,4,7,10-12H2,1-3H3,(H3,17,18). The zero-order valence-corrected chi connectivity index (χ0v) is 12.7. The van der Waals surface area contributed by atoms with E-state index in [0.29, 0.717) is 13.2 Å². The van der Waals surface area contributed by atoms with Crippen LogP contribution in [0.2, 0.25) is 0 Å². The van der Waals surface area contributed by atoms with Gasteiger partial charge < -0.3 is 15.2 Å². The van der Waals surface area contributed by atoms with E-state index in [4.69, 9.17) is 20.6 Å². The fourth-order valence-corrected chi connectivity index (χ4v) is 1.73. The molecular formula is C16H26N2O2. The predicted octanol–water partition coefficient (Wildman–Crippen LogP) is 3.60. The van der Waals surface area contributed by atoms with Crippen LogP contribution in [-0.2, 0) is 0 Å². The van der Waals surface area contributed by atoms with Gasteiger partial charge in [-0.15, -0.1) is 0 Å². The van der Waals surface area contributed by atoms with Crippen LogP contribution in [0.1, 0.15) is 40.0 Å². The Balaban J connectivity index is 2.44. The van der Waals surface area contributed by atoms with Gasteiger partial charge in [-0.05, 0) is 31.4 Å². The summed E-state index contributed by atoms with van der Waals surface area (Å²) in [6, 6.07) is 7.72. The Kier molecular flexibility index (Phi) is 6.36. The van der Waals surface area contributed by atoms with E-state index in [9.17, 15) is 0 Å². The maximum Gasteiger partial charge on any atom is 0.161 e. The van der Waals surface area contributed by atoms with Gasteiger partial charge in [0.15, 0.2) is 11.5 Å². The molecular weight excluding hydrogens is 252 g/mol. The highest BCUT2D eigenvalue weighted by Gasteiger charge is 2.20. The quantitative estimate of drug-likeness (QED) is 0.412. The van der Waals surface area contributed by atoms with Crippen molar-refractivity contribution in [1.29, 1.82) is 5.41 Å². The van der Waals surface area contributed by atoms with Gasteiger partial charge in [-0.3, -0.25) is 5.41 Å². The molecule has 20 heavy (non-hydrogen) atoms. The highest BCUT2D eigenvalue weighted by Crippen LogP contribution is 2.27. The highest BCUT2D eigenvalue weighted by atomic mass is 16.5. The molecule has 0 unspecified atom stereocenters. The number of rotatable bonds is 9. The molecule has 0 saturated heterocycles. The van der Waals surface area contributed by atoms with Gasteiger partial charge in [0.05, 0.1) is 19.0 Å². The fraction of sp³-hybridized carbons (Fsp3) is 0.562. The summed E-state index contributed by atoms with van der Waals surface area (Å²) in [5, 5.41) is 7.52. The summed E-state index contributed by atoms with van der Waals surface area (Å²) in [5.41, 5.74) is 5.30. The summed E-state index contributed by atoms with van der Waals surface area (Å²) in [6.07, 6.45) is 2.66. The zero-order valence-electron chi connectivity index (χ0n) is 12.7. The first kappa shape index (κ1) is 16.3. The van der Waals surface area contributed by atoms with Crippen LogP contribution in [0.5, 0.6) is 11.5 Å². The minimum Gasteiger partial charge on any atom is -0.490 e. The molecule has 0 aliphatic carbocycles. The van der Waals surface area contributed by atoms with Crippen molar-refractivity contribution < 1.29 is 9.47 Å². The van der Waals surface area contributed by atoms with Crippen molar-refractivity contribution in [2.75, 3.05) is 13.2 Å². The lowest BCUT2D eigenvalue weighted by Gasteiger charge is -2.22. The van der Waals surface area contributed by atoms with Crippen LogP contribution in [0.25, 0.3) is 0 Å². The molecule has 0 saturated carbocycles. The average Bonchev–Trinajstić information content (AvgIpc) is 2.42. The molecule has 3 N–H and O–H groups in total. The lowest BCUT2D eigenvalue weighted by atomic mass is 9.87. The first-order valence-electron chi connectivity index (χ1n) is 7.16. The summed E-state index contributed by atoms with van der Waals surface area (Å²) in [5.74, 6) is 1.80. The molecule has 1 aromatic rings. The lowest BCUT2D eigenvalue weighted by molar-refractivity contribution is 0.255. The average molecular weight is 278 g/mol. The third-order valence-corrected chi connectivity index (χ3v) is 3.24. The van der Waals surface area contributed by atoms with Crippen LogP contribution in [0, 0.1) is 10.8 Å². The molecule has 0 aliphatic heterocycles. The third kappa shape index (κ3) is 5.11. The van der Waals surface area contributed by atoms with E-state index in [2.05, 4.69) is 6.92 Å². The van der Waals surface area contributed by atoms with Gasteiger partial charge in [0, 0.05) is 5.41 Å². The molecule has 112 valence electrons. The molecule has 0 amide bonds. The van der Waals surface area contributed by atoms with Gasteiger partial charge in [-0.1, -0.05) is 32.9 Å². The second kappa shape index (κ2) is 7.78. The van der Waals surface area contributed by atoms with Crippen molar-refractivity contribution >= 4 is 5.84 Å². The van der Waals surface area contributed by atoms with Crippen LogP contribution < -0.4 is 15.2 Å². The summed E-state index contributed by atoms with van der Waals surface area (Å²) in [6.45, 7) is 7.33. The first-order chi connectivity index (χ1) is 9.47. The van der Waals surface area contributed by atoms with Gasteiger partial charge >= 0.3 is 0 Å². The summed E-state index contributed by atoms with van der Waals surface area (Å²) >= 11 is 0. The predicted molar refractivity (Wildman–Crippen MR) is 82.7 cm³/mol. The molecule has 1 aromatic carbocycles. The number of nitrogens with one attached hydrogen (secondary N) is 1. The summed E-state index contributed by atoms with van der Waals surface area (Å²) < 4.78 is 11.4. The van der Waals surface area contributed by atoms with E-state index in [1.54, 1.807) is 0 Å². The van der Waals surface area contributed by atoms with Crippen LogP contribution in [0.3, 0.4) is 0 Å². The molecule has 0 radical (unpaired) electrons. The minimum atomic E-state index is -0.262. The molecule has 4 heteroatoms. The first-order valence-corrected chi connectivity index (χ1v) is 7.16. The molecule has 0 fully saturated rings.